The number of carbonyl (C=O) groups is 1. The maximum absolute atomic E-state index is 13.0. The highest BCUT2D eigenvalue weighted by Crippen LogP contribution is 2.38. The Morgan fingerprint density at radius 2 is 1.78 bits per heavy atom. The van der Waals surface area contributed by atoms with Crippen LogP contribution >= 0.6 is 15.9 Å². The number of halogens is 4. The number of hydrogen-bond acceptors (Lipinski definition) is 7. The van der Waals surface area contributed by atoms with Gasteiger partial charge in [0.1, 0.15) is 5.75 Å². The van der Waals surface area contributed by atoms with Crippen LogP contribution in [-0.4, -0.2) is 30.8 Å². The first kappa shape index (κ1) is 27.5. The predicted molar refractivity (Wildman–Crippen MR) is 132 cm³/mol. The van der Waals surface area contributed by atoms with Gasteiger partial charge in [-0.05, 0) is 55.5 Å². The van der Waals surface area contributed by atoms with Crippen molar-refractivity contribution < 1.29 is 37.1 Å². The molecule has 0 aliphatic heterocycles. The number of hydrogen-bond donors (Lipinski definition) is 1. The van der Waals surface area contributed by atoms with E-state index in [0.717, 1.165) is 6.07 Å². The summed E-state index contributed by atoms with van der Waals surface area (Å²) in [6.45, 7) is 2.23. The van der Waals surface area contributed by atoms with E-state index in [1.165, 1.54) is 31.5 Å². The van der Waals surface area contributed by atoms with Gasteiger partial charge in [-0.15, -0.1) is 0 Å². The van der Waals surface area contributed by atoms with Crippen molar-refractivity contribution in [3.05, 3.63) is 85.9 Å². The van der Waals surface area contributed by atoms with Gasteiger partial charge in [0.15, 0.2) is 11.5 Å². The fourth-order valence-corrected chi connectivity index (χ4v) is 3.44. The van der Waals surface area contributed by atoms with Gasteiger partial charge in [-0.1, -0.05) is 15.9 Å². The van der Waals surface area contributed by atoms with Crippen LogP contribution in [0.3, 0.4) is 0 Å². The third-order valence-corrected chi connectivity index (χ3v) is 5.26. The second kappa shape index (κ2) is 11.7. The van der Waals surface area contributed by atoms with Crippen LogP contribution in [0, 0.1) is 10.1 Å². The molecule has 0 fully saturated rings. The lowest BCUT2D eigenvalue weighted by Crippen LogP contribution is -2.17. The maximum atomic E-state index is 13.0. The van der Waals surface area contributed by atoms with E-state index >= 15 is 0 Å². The Hall–Kier alpha value is -4.13. The predicted octanol–water partition coefficient (Wildman–Crippen LogP) is 6.34. The fraction of sp³-hybridized carbons (Fsp3) is 0.167. The molecular formula is C24H19BrF3N3O6. The molecule has 1 amide bonds. The van der Waals surface area contributed by atoms with Gasteiger partial charge in [0.2, 0.25) is 5.75 Å². The first-order valence-corrected chi connectivity index (χ1v) is 11.3. The smallest absolute Gasteiger partial charge is 0.416 e. The number of ether oxygens (including phenoxy) is 3. The highest BCUT2D eigenvalue weighted by Gasteiger charge is 2.33. The summed E-state index contributed by atoms with van der Waals surface area (Å²) in [5.74, 6) is -0.0849. The van der Waals surface area contributed by atoms with Crippen LogP contribution in [0.15, 0.2) is 64.2 Å². The Balaban J connectivity index is 1.83. The number of hydrazone groups is 1. The second-order valence-electron chi connectivity index (χ2n) is 7.22. The van der Waals surface area contributed by atoms with Crippen molar-refractivity contribution >= 4 is 33.7 Å². The summed E-state index contributed by atoms with van der Waals surface area (Å²) in [5.41, 5.74) is 0.810. The van der Waals surface area contributed by atoms with Gasteiger partial charge in [-0.3, -0.25) is 14.9 Å². The Kier molecular flexibility index (Phi) is 8.71. The van der Waals surface area contributed by atoms with Crippen LogP contribution in [0.1, 0.15) is 28.4 Å². The molecule has 0 radical (unpaired) electrons. The van der Waals surface area contributed by atoms with Crippen LogP contribution in [0.5, 0.6) is 23.0 Å². The summed E-state index contributed by atoms with van der Waals surface area (Å²) in [7, 11) is 1.44. The highest BCUT2D eigenvalue weighted by atomic mass is 79.9. The number of nitro benzene ring substituents is 1. The van der Waals surface area contributed by atoms with Crippen molar-refractivity contribution in [3.8, 4) is 23.0 Å². The van der Waals surface area contributed by atoms with Crippen molar-refractivity contribution in [1.82, 2.24) is 5.43 Å². The molecule has 0 saturated heterocycles. The number of benzene rings is 3. The summed E-state index contributed by atoms with van der Waals surface area (Å²) in [5, 5.41) is 15.3. The molecule has 0 atom stereocenters. The summed E-state index contributed by atoms with van der Waals surface area (Å²) in [6, 6.07) is 11.1. The number of carbonyl (C=O) groups excluding carboxylic acids is 1. The van der Waals surface area contributed by atoms with Crippen molar-refractivity contribution in [2.45, 2.75) is 13.1 Å². The Morgan fingerprint density at radius 3 is 2.43 bits per heavy atom. The zero-order valence-electron chi connectivity index (χ0n) is 19.3. The van der Waals surface area contributed by atoms with Gasteiger partial charge >= 0.3 is 11.9 Å². The minimum atomic E-state index is -4.76. The Bertz CT molecular complexity index is 1350. The molecule has 0 heterocycles. The molecule has 0 unspecified atom stereocenters. The normalized spacial score (nSPS) is 11.3. The minimum absolute atomic E-state index is 0.0480. The van der Waals surface area contributed by atoms with Crippen molar-refractivity contribution in [2.75, 3.05) is 13.7 Å². The third kappa shape index (κ3) is 6.97. The standard InChI is InChI=1S/C24H19BrF3N3O6/c1-3-36-21-7-4-14(11-22(21)35-2)23(32)30-29-13-15-10-17(25)6-9-19(15)37-20-8-5-16(24(26,27)28)12-18(20)31(33)34/h4-13H,3H2,1-2H3,(H,30,32)/b29-13+. The zero-order chi connectivity index (χ0) is 27.2. The molecule has 13 heteroatoms. The summed E-state index contributed by atoms with van der Waals surface area (Å²) in [4.78, 5) is 22.9. The van der Waals surface area contributed by atoms with E-state index in [9.17, 15) is 28.1 Å². The van der Waals surface area contributed by atoms with Crippen LogP contribution in [-0.2, 0) is 6.18 Å². The molecule has 0 aliphatic carbocycles. The lowest BCUT2D eigenvalue weighted by Gasteiger charge is -2.12. The number of nitrogens with zero attached hydrogens (tertiary/aromatic N) is 2. The van der Waals surface area contributed by atoms with Gasteiger partial charge in [-0.25, -0.2) is 5.43 Å². The largest absolute Gasteiger partial charge is 0.493 e. The minimum Gasteiger partial charge on any atom is -0.493 e. The summed E-state index contributed by atoms with van der Waals surface area (Å²) < 4.78 is 55.8. The van der Waals surface area contributed by atoms with E-state index in [1.807, 2.05) is 6.92 Å². The molecule has 0 spiro atoms. The SMILES string of the molecule is CCOc1ccc(C(=O)N/N=C/c2cc(Br)ccc2Oc2ccc(C(F)(F)F)cc2[N+](=O)[O-])cc1OC. The number of methoxy groups -OCH3 is 1. The van der Waals surface area contributed by atoms with Gasteiger partial charge in [0.05, 0.1) is 30.4 Å². The number of nitro groups is 1. The average Bonchev–Trinajstić information content (AvgIpc) is 2.85. The van der Waals surface area contributed by atoms with E-state index in [0.29, 0.717) is 34.7 Å². The number of nitrogens with one attached hydrogen (secondary N) is 1. The first-order valence-electron chi connectivity index (χ1n) is 10.5. The average molecular weight is 582 g/mol. The van der Waals surface area contributed by atoms with Crippen LogP contribution in [0.2, 0.25) is 0 Å². The molecule has 0 saturated carbocycles. The first-order chi connectivity index (χ1) is 17.5. The topological polar surface area (TPSA) is 112 Å². The molecule has 194 valence electrons. The molecule has 0 aliphatic rings. The van der Waals surface area contributed by atoms with E-state index in [1.54, 1.807) is 18.2 Å². The molecule has 0 bridgehead atoms. The van der Waals surface area contributed by atoms with E-state index < -0.39 is 34.0 Å². The number of alkyl halides is 3. The summed E-state index contributed by atoms with van der Waals surface area (Å²) >= 11 is 3.28. The monoisotopic (exact) mass is 581 g/mol. The lowest BCUT2D eigenvalue weighted by molar-refractivity contribution is -0.385. The van der Waals surface area contributed by atoms with Crippen molar-refractivity contribution in [1.29, 1.82) is 0 Å². The fourth-order valence-electron chi connectivity index (χ4n) is 3.06. The van der Waals surface area contributed by atoms with Crippen molar-refractivity contribution in [3.63, 3.8) is 0 Å². The Labute approximate surface area is 217 Å². The lowest BCUT2D eigenvalue weighted by atomic mass is 10.1. The molecule has 37 heavy (non-hydrogen) atoms. The van der Waals surface area contributed by atoms with Crippen LogP contribution in [0.25, 0.3) is 0 Å². The van der Waals surface area contributed by atoms with E-state index in [-0.39, 0.29) is 16.9 Å². The molecule has 3 aromatic carbocycles. The third-order valence-electron chi connectivity index (χ3n) is 4.77. The van der Waals surface area contributed by atoms with E-state index in [2.05, 4.69) is 26.5 Å². The number of amides is 1. The Morgan fingerprint density at radius 1 is 1.08 bits per heavy atom. The van der Waals surface area contributed by atoms with Gasteiger partial charge in [0.25, 0.3) is 5.91 Å². The van der Waals surface area contributed by atoms with Gasteiger partial charge in [0, 0.05) is 21.7 Å². The van der Waals surface area contributed by atoms with Gasteiger partial charge < -0.3 is 14.2 Å². The van der Waals surface area contributed by atoms with Crippen molar-refractivity contribution in [2.24, 2.45) is 5.10 Å². The summed E-state index contributed by atoms with van der Waals surface area (Å²) in [6.07, 6.45) is -3.54. The highest BCUT2D eigenvalue weighted by molar-refractivity contribution is 9.10. The van der Waals surface area contributed by atoms with E-state index in [4.69, 9.17) is 14.2 Å². The molecule has 0 aromatic heterocycles. The molecular weight excluding hydrogens is 563 g/mol. The van der Waals surface area contributed by atoms with Crippen LogP contribution in [0.4, 0.5) is 18.9 Å². The second-order valence-corrected chi connectivity index (χ2v) is 8.14. The van der Waals surface area contributed by atoms with Crippen LogP contribution < -0.4 is 19.6 Å². The molecule has 1 N–H and O–H groups in total. The maximum Gasteiger partial charge on any atom is 0.416 e. The quantitative estimate of drug-likeness (QED) is 0.179. The molecule has 3 rings (SSSR count). The number of rotatable bonds is 9. The molecule has 3 aromatic rings. The zero-order valence-corrected chi connectivity index (χ0v) is 20.9. The molecule has 9 nitrogen and oxygen atoms in total. The van der Waals surface area contributed by atoms with Gasteiger partial charge in [-0.2, -0.15) is 18.3 Å².